The Hall–Kier alpha value is -1.54. The zero-order valence-electron chi connectivity index (χ0n) is 18.8. The summed E-state index contributed by atoms with van der Waals surface area (Å²) in [6.45, 7) is 5.67. The molecule has 8 nitrogen and oxygen atoms in total. The number of primary amides is 2. The van der Waals surface area contributed by atoms with Crippen molar-refractivity contribution >= 4 is 12.1 Å². The molecule has 6 atom stereocenters. The Labute approximate surface area is 181 Å². The summed E-state index contributed by atoms with van der Waals surface area (Å²) in [6.07, 6.45) is 10.4. The van der Waals surface area contributed by atoms with Crippen LogP contribution in [0.1, 0.15) is 78.1 Å². The molecule has 0 aromatic carbocycles. The Morgan fingerprint density at radius 2 is 1.03 bits per heavy atom. The second-order valence-corrected chi connectivity index (χ2v) is 9.69. The molecular weight excluding hydrogens is 380 g/mol. The molecule has 2 saturated carbocycles. The van der Waals surface area contributed by atoms with Crippen LogP contribution in [0.3, 0.4) is 0 Å². The molecule has 1 saturated heterocycles. The number of fused-ring (bicyclic) bond motifs is 2. The molecular formula is C22H42N6O2. The molecule has 1 aliphatic heterocycles. The number of nitrogens with one attached hydrogen (secondary N) is 2. The Bertz CT molecular complexity index is 538. The first-order chi connectivity index (χ1) is 14.4. The van der Waals surface area contributed by atoms with Crippen LogP contribution < -0.4 is 22.1 Å². The van der Waals surface area contributed by atoms with Gasteiger partial charge in [-0.1, -0.05) is 25.7 Å². The summed E-state index contributed by atoms with van der Waals surface area (Å²) in [4.78, 5) is 28.5. The predicted molar refractivity (Wildman–Crippen MR) is 119 cm³/mol. The molecule has 3 aliphatic rings. The number of carbonyl (C=O) groups excluding carboxylic acids is 2. The minimum atomic E-state index is -0.309. The average molecular weight is 423 g/mol. The maximum atomic E-state index is 12.3. The highest BCUT2D eigenvalue weighted by atomic mass is 16.2. The molecule has 172 valence electrons. The zero-order valence-corrected chi connectivity index (χ0v) is 18.8. The van der Waals surface area contributed by atoms with E-state index in [-0.39, 0.29) is 48.3 Å². The van der Waals surface area contributed by atoms with Gasteiger partial charge in [-0.2, -0.15) is 0 Å². The number of carbonyl (C=O) groups is 2. The molecule has 0 spiro atoms. The SMILES string of the molecule is CC1CCN(C(N)=O)C2CCCCC2NC(C)CCN(C(N)=O)C2CCCCC2N1. The van der Waals surface area contributed by atoms with E-state index in [4.69, 9.17) is 11.5 Å². The fourth-order valence-corrected chi connectivity index (χ4v) is 5.80. The number of nitrogens with zero attached hydrogens (tertiary/aromatic N) is 2. The van der Waals surface area contributed by atoms with Crippen LogP contribution >= 0.6 is 0 Å². The van der Waals surface area contributed by atoms with Gasteiger partial charge in [-0.3, -0.25) is 0 Å². The summed E-state index contributed by atoms with van der Waals surface area (Å²) in [7, 11) is 0. The van der Waals surface area contributed by atoms with Gasteiger partial charge in [0, 0.05) is 49.3 Å². The minimum Gasteiger partial charge on any atom is -0.351 e. The lowest BCUT2D eigenvalue weighted by molar-refractivity contribution is 0.111. The van der Waals surface area contributed by atoms with Gasteiger partial charge in [0.15, 0.2) is 0 Å². The van der Waals surface area contributed by atoms with Gasteiger partial charge in [-0.15, -0.1) is 0 Å². The smallest absolute Gasteiger partial charge is 0.315 e. The van der Waals surface area contributed by atoms with E-state index in [9.17, 15) is 9.59 Å². The van der Waals surface area contributed by atoms with Crippen LogP contribution in [0.5, 0.6) is 0 Å². The highest BCUT2D eigenvalue weighted by Crippen LogP contribution is 2.27. The molecule has 8 heteroatoms. The van der Waals surface area contributed by atoms with E-state index in [0.717, 1.165) is 51.4 Å². The highest BCUT2D eigenvalue weighted by Gasteiger charge is 2.36. The van der Waals surface area contributed by atoms with Crippen LogP contribution in [0.4, 0.5) is 9.59 Å². The molecule has 0 bridgehead atoms. The van der Waals surface area contributed by atoms with Gasteiger partial charge in [-0.05, 0) is 52.4 Å². The van der Waals surface area contributed by atoms with Crippen LogP contribution in [0.25, 0.3) is 0 Å². The molecule has 3 rings (SSSR count). The van der Waals surface area contributed by atoms with Crippen molar-refractivity contribution in [3.05, 3.63) is 0 Å². The highest BCUT2D eigenvalue weighted by molar-refractivity contribution is 5.73. The molecule has 0 aromatic heterocycles. The Kier molecular flexibility index (Phi) is 8.22. The van der Waals surface area contributed by atoms with Crippen LogP contribution in [0, 0.1) is 0 Å². The summed E-state index contributed by atoms with van der Waals surface area (Å²) >= 11 is 0. The van der Waals surface area contributed by atoms with E-state index in [2.05, 4.69) is 24.5 Å². The topological polar surface area (TPSA) is 117 Å². The second kappa shape index (κ2) is 10.7. The first kappa shape index (κ1) is 23.1. The van der Waals surface area contributed by atoms with E-state index in [0.29, 0.717) is 13.1 Å². The summed E-state index contributed by atoms with van der Waals surface area (Å²) in [5, 5.41) is 7.51. The summed E-state index contributed by atoms with van der Waals surface area (Å²) in [6, 6.07) is 0.640. The normalized spacial score (nSPS) is 36.9. The van der Waals surface area contributed by atoms with E-state index in [1.54, 1.807) is 0 Å². The number of nitrogens with two attached hydrogens (primary N) is 2. The van der Waals surface area contributed by atoms with E-state index in [1.807, 2.05) is 9.80 Å². The predicted octanol–water partition coefficient (Wildman–Crippen LogP) is 2.12. The van der Waals surface area contributed by atoms with Crippen LogP contribution in [-0.4, -0.2) is 71.2 Å². The van der Waals surface area contributed by atoms with Crippen LogP contribution in [0.15, 0.2) is 0 Å². The van der Waals surface area contributed by atoms with Crippen molar-refractivity contribution in [2.75, 3.05) is 13.1 Å². The van der Waals surface area contributed by atoms with Crippen molar-refractivity contribution in [2.24, 2.45) is 11.5 Å². The van der Waals surface area contributed by atoms with Gasteiger partial charge in [0.1, 0.15) is 0 Å². The van der Waals surface area contributed by atoms with Crippen molar-refractivity contribution in [3.8, 4) is 0 Å². The van der Waals surface area contributed by atoms with Gasteiger partial charge in [0.05, 0.1) is 0 Å². The van der Waals surface area contributed by atoms with Crippen molar-refractivity contribution < 1.29 is 9.59 Å². The third-order valence-electron chi connectivity index (χ3n) is 7.43. The summed E-state index contributed by atoms with van der Waals surface area (Å²) in [5.74, 6) is 0. The largest absolute Gasteiger partial charge is 0.351 e. The molecule has 0 aromatic rings. The molecule has 4 amide bonds. The van der Waals surface area contributed by atoms with Gasteiger partial charge in [0.2, 0.25) is 0 Å². The molecule has 2 aliphatic carbocycles. The molecule has 1 heterocycles. The number of amides is 4. The lowest BCUT2D eigenvalue weighted by Gasteiger charge is -2.44. The summed E-state index contributed by atoms with van der Waals surface area (Å²) in [5.41, 5.74) is 11.7. The molecule has 6 N–H and O–H groups in total. The molecule has 0 radical (unpaired) electrons. The molecule has 30 heavy (non-hydrogen) atoms. The Morgan fingerprint density at radius 3 is 1.40 bits per heavy atom. The average Bonchev–Trinajstić information content (AvgIpc) is 2.69. The number of urea groups is 2. The van der Waals surface area contributed by atoms with Crippen LogP contribution in [-0.2, 0) is 0 Å². The lowest BCUT2D eigenvalue weighted by atomic mass is 9.87. The minimum absolute atomic E-state index is 0.142. The Morgan fingerprint density at radius 1 is 0.667 bits per heavy atom. The Balaban J connectivity index is 1.82. The third-order valence-corrected chi connectivity index (χ3v) is 7.43. The van der Waals surface area contributed by atoms with E-state index in [1.165, 1.54) is 12.8 Å². The van der Waals surface area contributed by atoms with E-state index < -0.39 is 0 Å². The van der Waals surface area contributed by atoms with Crippen molar-refractivity contribution in [1.29, 1.82) is 0 Å². The fraction of sp³-hybridized carbons (Fsp3) is 0.909. The van der Waals surface area contributed by atoms with Gasteiger partial charge >= 0.3 is 12.1 Å². The van der Waals surface area contributed by atoms with E-state index >= 15 is 0 Å². The number of hydrogen-bond acceptors (Lipinski definition) is 4. The molecule has 6 unspecified atom stereocenters. The van der Waals surface area contributed by atoms with Crippen molar-refractivity contribution in [2.45, 2.75) is 114 Å². The van der Waals surface area contributed by atoms with Crippen molar-refractivity contribution in [1.82, 2.24) is 20.4 Å². The monoisotopic (exact) mass is 422 g/mol. The standard InChI is InChI=1S/C22H42N6O2/c1-15-11-13-27(21(23)29)20-10-6-4-8-18(20)26-16(2)12-14-28(22(24)30)19-9-5-3-7-17(19)25-15/h15-20,25-26H,3-14H2,1-2H3,(H2,23,29)(H2,24,30). The lowest BCUT2D eigenvalue weighted by Crippen LogP contribution is -2.60. The van der Waals surface area contributed by atoms with Crippen molar-refractivity contribution in [3.63, 3.8) is 0 Å². The maximum absolute atomic E-state index is 12.3. The number of hydrogen-bond donors (Lipinski definition) is 4. The van der Waals surface area contributed by atoms with Gasteiger partial charge in [-0.25, -0.2) is 9.59 Å². The second-order valence-electron chi connectivity index (χ2n) is 9.69. The fourth-order valence-electron chi connectivity index (χ4n) is 5.80. The third kappa shape index (κ3) is 5.78. The summed E-state index contributed by atoms with van der Waals surface area (Å²) < 4.78 is 0. The zero-order chi connectivity index (χ0) is 21.7. The number of rotatable bonds is 0. The first-order valence-corrected chi connectivity index (χ1v) is 12.0. The maximum Gasteiger partial charge on any atom is 0.315 e. The van der Waals surface area contributed by atoms with Gasteiger partial charge in [0.25, 0.3) is 0 Å². The van der Waals surface area contributed by atoms with Crippen LogP contribution in [0.2, 0.25) is 0 Å². The first-order valence-electron chi connectivity index (χ1n) is 12.0. The quantitative estimate of drug-likeness (QED) is 0.478. The molecule has 3 fully saturated rings. The van der Waals surface area contributed by atoms with Gasteiger partial charge < -0.3 is 31.9 Å².